The van der Waals surface area contributed by atoms with Gasteiger partial charge in [0.25, 0.3) is 0 Å². The number of anilines is 1. The van der Waals surface area contributed by atoms with E-state index in [1.165, 1.54) is 5.56 Å². The van der Waals surface area contributed by atoms with E-state index in [1.807, 2.05) is 26.0 Å². The summed E-state index contributed by atoms with van der Waals surface area (Å²) in [6.07, 6.45) is 0. The maximum absolute atomic E-state index is 7.29. The van der Waals surface area contributed by atoms with Crippen molar-refractivity contribution in [2.75, 3.05) is 11.9 Å². The molecule has 0 aromatic heterocycles. The van der Waals surface area contributed by atoms with E-state index in [1.54, 1.807) is 11.9 Å². The number of guanidine groups is 1. The molecule has 0 fully saturated rings. The zero-order valence-corrected chi connectivity index (χ0v) is 8.26. The van der Waals surface area contributed by atoms with E-state index >= 15 is 0 Å². The number of nitrogens with one attached hydrogen (secondary N) is 1. The Morgan fingerprint density at radius 3 is 2.46 bits per heavy atom. The van der Waals surface area contributed by atoms with Crippen molar-refractivity contribution in [2.45, 2.75) is 13.8 Å². The highest BCUT2D eigenvalue weighted by atomic mass is 15.2. The summed E-state index contributed by atoms with van der Waals surface area (Å²) < 4.78 is 0. The molecule has 0 unspecified atom stereocenters. The molecule has 1 aromatic carbocycles. The van der Waals surface area contributed by atoms with Crippen molar-refractivity contribution in [3.63, 3.8) is 0 Å². The molecule has 1 aromatic rings. The quantitative estimate of drug-likeness (QED) is 0.506. The third kappa shape index (κ3) is 1.99. The minimum absolute atomic E-state index is 0.0620. The smallest absolute Gasteiger partial charge is 0.192 e. The fraction of sp³-hybridized carbons (Fsp3) is 0.300. The second-order valence-corrected chi connectivity index (χ2v) is 3.23. The molecule has 0 heterocycles. The molecule has 0 saturated carbocycles. The molecule has 0 amide bonds. The number of benzene rings is 1. The molecule has 0 aliphatic heterocycles. The summed E-state index contributed by atoms with van der Waals surface area (Å²) in [5.41, 5.74) is 8.73. The zero-order chi connectivity index (χ0) is 10.0. The van der Waals surface area contributed by atoms with Crippen LogP contribution in [0.2, 0.25) is 0 Å². The van der Waals surface area contributed by atoms with E-state index in [0.29, 0.717) is 0 Å². The molecule has 0 saturated heterocycles. The van der Waals surface area contributed by atoms with Crippen molar-refractivity contribution >= 4 is 11.6 Å². The molecule has 0 aliphatic carbocycles. The minimum Gasteiger partial charge on any atom is -0.370 e. The Morgan fingerprint density at radius 2 is 2.00 bits per heavy atom. The van der Waals surface area contributed by atoms with Gasteiger partial charge in [-0.15, -0.1) is 0 Å². The molecule has 70 valence electrons. The van der Waals surface area contributed by atoms with E-state index in [0.717, 1.165) is 11.3 Å². The number of nitrogens with two attached hydrogens (primary N) is 1. The van der Waals surface area contributed by atoms with E-state index in [-0.39, 0.29) is 5.96 Å². The van der Waals surface area contributed by atoms with Crippen LogP contribution in [0.4, 0.5) is 5.69 Å². The van der Waals surface area contributed by atoms with Crippen LogP contribution in [0.1, 0.15) is 11.1 Å². The average molecular weight is 177 g/mol. The SMILES string of the molecule is Cc1ccc(N(C)C(=N)N)c(C)c1. The molecule has 3 N–H and O–H groups in total. The molecule has 3 nitrogen and oxygen atoms in total. The summed E-state index contributed by atoms with van der Waals surface area (Å²) in [6.45, 7) is 4.06. The van der Waals surface area contributed by atoms with Gasteiger partial charge in [0, 0.05) is 12.7 Å². The van der Waals surface area contributed by atoms with Crippen LogP contribution in [0, 0.1) is 19.3 Å². The highest BCUT2D eigenvalue weighted by Crippen LogP contribution is 2.19. The summed E-state index contributed by atoms with van der Waals surface area (Å²) in [5.74, 6) is 0.0620. The Kier molecular flexibility index (Phi) is 2.56. The Morgan fingerprint density at radius 1 is 1.38 bits per heavy atom. The lowest BCUT2D eigenvalue weighted by Gasteiger charge is -2.19. The zero-order valence-electron chi connectivity index (χ0n) is 8.26. The van der Waals surface area contributed by atoms with Crippen LogP contribution in [0.5, 0.6) is 0 Å². The summed E-state index contributed by atoms with van der Waals surface area (Å²) in [4.78, 5) is 1.66. The summed E-state index contributed by atoms with van der Waals surface area (Å²) in [6, 6.07) is 6.07. The van der Waals surface area contributed by atoms with Gasteiger partial charge in [0.15, 0.2) is 5.96 Å². The molecular weight excluding hydrogens is 162 g/mol. The van der Waals surface area contributed by atoms with Crippen LogP contribution in [-0.2, 0) is 0 Å². The van der Waals surface area contributed by atoms with E-state index in [2.05, 4.69) is 6.07 Å². The van der Waals surface area contributed by atoms with Crippen LogP contribution >= 0.6 is 0 Å². The van der Waals surface area contributed by atoms with Gasteiger partial charge in [0.05, 0.1) is 0 Å². The molecule has 13 heavy (non-hydrogen) atoms. The lowest BCUT2D eigenvalue weighted by Crippen LogP contribution is -2.33. The van der Waals surface area contributed by atoms with Crippen LogP contribution in [0.15, 0.2) is 18.2 Å². The molecular formula is C10H15N3. The fourth-order valence-corrected chi connectivity index (χ4v) is 1.31. The van der Waals surface area contributed by atoms with Crippen molar-refractivity contribution in [3.05, 3.63) is 29.3 Å². The normalized spacial score (nSPS) is 9.77. The number of hydrogen-bond acceptors (Lipinski definition) is 1. The minimum atomic E-state index is 0.0620. The van der Waals surface area contributed by atoms with Gasteiger partial charge in [0.2, 0.25) is 0 Å². The molecule has 1 rings (SSSR count). The molecule has 0 aliphatic rings. The van der Waals surface area contributed by atoms with E-state index in [4.69, 9.17) is 11.1 Å². The Bertz CT molecular complexity index is 331. The highest BCUT2D eigenvalue weighted by molar-refractivity contribution is 5.92. The number of nitrogens with zero attached hydrogens (tertiary/aromatic N) is 1. The summed E-state index contributed by atoms with van der Waals surface area (Å²) >= 11 is 0. The first-order valence-electron chi connectivity index (χ1n) is 4.17. The monoisotopic (exact) mass is 177 g/mol. The maximum atomic E-state index is 7.29. The largest absolute Gasteiger partial charge is 0.370 e. The topological polar surface area (TPSA) is 53.1 Å². The van der Waals surface area contributed by atoms with Crippen LogP contribution in [0.25, 0.3) is 0 Å². The highest BCUT2D eigenvalue weighted by Gasteiger charge is 2.05. The average Bonchev–Trinajstić information content (AvgIpc) is 2.03. The van der Waals surface area contributed by atoms with Crippen molar-refractivity contribution in [2.24, 2.45) is 5.73 Å². The van der Waals surface area contributed by atoms with E-state index in [9.17, 15) is 0 Å². The van der Waals surface area contributed by atoms with Crippen LogP contribution in [-0.4, -0.2) is 13.0 Å². The van der Waals surface area contributed by atoms with Gasteiger partial charge in [-0.05, 0) is 25.5 Å². The van der Waals surface area contributed by atoms with Gasteiger partial charge in [-0.2, -0.15) is 0 Å². The number of rotatable bonds is 1. The van der Waals surface area contributed by atoms with Crippen molar-refractivity contribution in [1.82, 2.24) is 0 Å². The first-order valence-corrected chi connectivity index (χ1v) is 4.17. The molecule has 3 heteroatoms. The van der Waals surface area contributed by atoms with Gasteiger partial charge in [0.1, 0.15) is 0 Å². The predicted octanol–water partition coefficient (Wildman–Crippen LogP) is 1.63. The van der Waals surface area contributed by atoms with Gasteiger partial charge in [-0.25, -0.2) is 0 Å². The number of aryl methyl sites for hydroxylation is 2. The first-order chi connectivity index (χ1) is 6.02. The Balaban J connectivity index is 3.08. The Labute approximate surface area is 78.7 Å². The first kappa shape index (κ1) is 9.58. The lowest BCUT2D eigenvalue weighted by molar-refractivity contribution is 1.17. The molecule has 0 atom stereocenters. The molecule has 0 bridgehead atoms. The van der Waals surface area contributed by atoms with Gasteiger partial charge >= 0.3 is 0 Å². The summed E-state index contributed by atoms with van der Waals surface area (Å²) in [5, 5.41) is 7.29. The molecule has 0 radical (unpaired) electrons. The van der Waals surface area contributed by atoms with Crippen molar-refractivity contribution < 1.29 is 0 Å². The van der Waals surface area contributed by atoms with Gasteiger partial charge in [-0.3, -0.25) is 5.41 Å². The standard InChI is InChI=1S/C10H15N3/c1-7-4-5-9(8(2)6-7)13(3)10(11)12/h4-6H,1-3H3,(H3,11,12). The van der Waals surface area contributed by atoms with Crippen molar-refractivity contribution in [1.29, 1.82) is 5.41 Å². The third-order valence-electron chi connectivity index (χ3n) is 2.08. The van der Waals surface area contributed by atoms with Gasteiger partial charge < -0.3 is 10.6 Å². The second-order valence-electron chi connectivity index (χ2n) is 3.23. The van der Waals surface area contributed by atoms with E-state index < -0.39 is 0 Å². The van der Waals surface area contributed by atoms with Crippen LogP contribution in [0.3, 0.4) is 0 Å². The van der Waals surface area contributed by atoms with Gasteiger partial charge in [-0.1, -0.05) is 17.7 Å². The Hall–Kier alpha value is -1.51. The predicted molar refractivity (Wildman–Crippen MR) is 56.2 cm³/mol. The van der Waals surface area contributed by atoms with Crippen molar-refractivity contribution in [3.8, 4) is 0 Å². The third-order valence-corrected chi connectivity index (χ3v) is 2.08. The number of hydrogen-bond donors (Lipinski definition) is 2. The second kappa shape index (κ2) is 3.47. The maximum Gasteiger partial charge on any atom is 0.192 e. The summed E-state index contributed by atoms with van der Waals surface area (Å²) in [7, 11) is 1.79. The lowest BCUT2D eigenvalue weighted by atomic mass is 10.1. The fourth-order valence-electron chi connectivity index (χ4n) is 1.31. The van der Waals surface area contributed by atoms with Crippen LogP contribution < -0.4 is 10.6 Å². The molecule has 0 spiro atoms.